The van der Waals surface area contributed by atoms with Crippen LogP contribution >= 0.6 is 0 Å². The Morgan fingerprint density at radius 1 is 1.45 bits per heavy atom. The van der Waals surface area contributed by atoms with Gasteiger partial charge in [0.1, 0.15) is 18.5 Å². The average molecular weight is 292 g/mol. The molecule has 0 fully saturated rings. The molecule has 0 saturated carbocycles. The van der Waals surface area contributed by atoms with Gasteiger partial charge in [-0.1, -0.05) is 0 Å². The molecule has 0 radical (unpaired) electrons. The molecular formula is C12H15F3N2O3. The van der Waals surface area contributed by atoms with Crippen LogP contribution in [-0.2, 0) is 9.53 Å². The highest BCUT2D eigenvalue weighted by atomic mass is 19.4. The summed E-state index contributed by atoms with van der Waals surface area (Å²) in [6.45, 7) is -0.268. The first-order valence-corrected chi connectivity index (χ1v) is 5.65. The summed E-state index contributed by atoms with van der Waals surface area (Å²) in [4.78, 5) is 11.7. The number of benzene rings is 1. The van der Waals surface area contributed by atoms with Crippen molar-refractivity contribution in [3.05, 3.63) is 18.2 Å². The van der Waals surface area contributed by atoms with Crippen molar-refractivity contribution in [1.82, 2.24) is 0 Å². The van der Waals surface area contributed by atoms with Gasteiger partial charge in [-0.15, -0.1) is 0 Å². The summed E-state index contributed by atoms with van der Waals surface area (Å²) in [7, 11) is 1.39. The van der Waals surface area contributed by atoms with E-state index >= 15 is 0 Å². The number of nitrogen functional groups attached to an aromatic ring is 1. The van der Waals surface area contributed by atoms with E-state index in [0.717, 1.165) is 0 Å². The van der Waals surface area contributed by atoms with Gasteiger partial charge in [0.25, 0.3) is 5.91 Å². The number of amides is 1. The molecule has 0 aliphatic heterocycles. The van der Waals surface area contributed by atoms with E-state index in [1.807, 2.05) is 0 Å². The summed E-state index contributed by atoms with van der Waals surface area (Å²) in [5.41, 5.74) is 6.21. The van der Waals surface area contributed by atoms with Gasteiger partial charge in [0.2, 0.25) is 0 Å². The molecule has 8 heteroatoms. The zero-order valence-corrected chi connectivity index (χ0v) is 11.0. The van der Waals surface area contributed by atoms with Gasteiger partial charge in [-0.2, -0.15) is 13.2 Å². The number of carbonyl (C=O) groups excluding carboxylic acids is 1. The molecule has 0 spiro atoms. The van der Waals surface area contributed by atoms with Crippen LogP contribution < -0.4 is 15.8 Å². The molecule has 1 aromatic rings. The Morgan fingerprint density at radius 2 is 2.10 bits per heavy atom. The van der Waals surface area contributed by atoms with Gasteiger partial charge in [0, 0.05) is 5.69 Å². The Bertz CT molecular complexity index is 478. The van der Waals surface area contributed by atoms with Crippen molar-refractivity contribution in [3.8, 4) is 5.75 Å². The number of nitrogens with one attached hydrogen (secondary N) is 1. The molecule has 1 atom stereocenters. The third kappa shape index (κ3) is 4.96. The molecule has 20 heavy (non-hydrogen) atoms. The van der Waals surface area contributed by atoms with Crippen molar-refractivity contribution < 1.29 is 27.4 Å². The average Bonchev–Trinajstić information content (AvgIpc) is 2.35. The van der Waals surface area contributed by atoms with E-state index in [-0.39, 0.29) is 5.69 Å². The van der Waals surface area contributed by atoms with Gasteiger partial charge in [0.05, 0.1) is 12.8 Å². The molecule has 1 amide bonds. The van der Waals surface area contributed by atoms with Crippen molar-refractivity contribution in [2.75, 3.05) is 24.8 Å². The van der Waals surface area contributed by atoms with Crippen LogP contribution in [0.4, 0.5) is 24.5 Å². The maximum absolute atomic E-state index is 12.0. The van der Waals surface area contributed by atoms with Gasteiger partial charge in [-0.05, 0) is 25.1 Å². The lowest BCUT2D eigenvalue weighted by atomic mass is 10.2. The van der Waals surface area contributed by atoms with Crippen LogP contribution in [0.15, 0.2) is 18.2 Å². The number of hydrogen-bond donors (Lipinski definition) is 2. The Balaban J connectivity index is 2.68. The minimum absolute atomic E-state index is 0.264. The molecule has 1 rings (SSSR count). The Hall–Kier alpha value is -1.96. The maximum Gasteiger partial charge on any atom is 0.411 e. The minimum Gasteiger partial charge on any atom is -0.495 e. The SMILES string of the molecule is COc1ccc(N)cc1NC(=O)C(C)OCC(F)(F)F. The first-order chi connectivity index (χ1) is 9.23. The molecule has 112 valence electrons. The standard InChI is InChI=1S/C12H15F3N2O3/c1-7(20-6-12(13,14)15)11(18)17-9-5-8(16)3-4-10(9)19-2/h3-5,7H,6,16H2,1-2H3,(H,17,18). The van der Waals surface area contributed by atoms with Gasteiger partial charge >= 0.3 is 6.18 Å². The second kappa shape index (κ2) is 6.47. The zero-order valence-electron chi connectivity index (χ0n) is 11.0. The highest BCUT2D eigenvalue weighted by molar-refractivity contribution is 5.95. The van der Waals surface area contributed by atoms with Crippen LogP contribution in [0, 0.1) is 0 Å². The number of alkyl halides is 3. The highest BCUT2D eigenvalue weighted by Gasteiger charge is 2.30. The third-order valence-corrected chi connectivity index (χ3v) is 2.35. The first kappa shape index (κ1) is 16.1. The quantitative estimate of drug-likeness (QED) is 0.816. The number of halogens is 3. The second-order valence-electron chi connectivity index (χ2n) is 4.02. The lowest BCUT2D eigenvalue weighted by molar-refractivity contribution is -0.184. The molecule has 0 aromatic heterocycles. The lowest BCUT2D eigenvalue weighted by Crippen LogP contribution is -2.31. The molecule has 0 heterocycles. The number of rotatable bonds is 5. The molecule has 0 bridgehead atoms. The first-order valence-electron chi connectivity index (χ1n) is 5.65. The molecule has 1 aromatic carbocycles. The summed E-state index contributed by atoms with van der Waals surface area (Å²) in [5.74, 6) is -0.381. The fourth-order valence-electron chi connectivity index (χ4n) is 1.35. The van der Waals surface area contributed by atoms with Crippen molar-refractivity contribution >= 4 is 17.3 Å². The fraction of sp³-hybridized carbons (Fsp3) is 0.417. The Labute approximate surface area is 113 Å². The monoisotopic (exact) mass is 292 g/mol. The summed E-state index contributed by atoms with van der Waals surface area (Å²) in [5, 5.41) is 2.40. The molecule has 0 saturated heterocycles. The second-order valence-corrected chi connectivity index (χ2v) is 4.02. The third-order valence-electron chi connectivity index (χ3n) is 2.35. The Morgan fingerprint density at radius 3 is 2.65 bits per heavy atom. The van der Waals surface area contributed by atoms with Crippen molar-refractivity contribution in [2.45, 2.75) is 19.2 Å². The van der Waals surface area contributed by atoms with Crippen LogP contribution in [0.1, 0.15) is 6.92 Å². The number of hydrogen-bond acceptors (Lipinski definition) is 4. The van der Waals surface area contributed by atoms with Crippen LogP contribution in [-0.4, -0.2) is 31.9 Å². The summed E-state index contributed by atoms with van der Waals surface area (Å²) < 4.78 is 45.4. The van der Waals surface area contributed by atoms with Crippen molar-refractivity contribution in [1.29, 1.82) is 0 Å². The fourth-order valence-corrected chi connectivity index (χ4v) is 1.35. The van der Waals surface area contributed by atoms with Crippen molar-refractivity contribution in [2.24, 2.45) is 0 Å². The van der Waals surface area contributed by atoms with Gasteiger partial charge < -0.3 is 20.5 Å². The van der Waals surface area contributed by atoms with E-state index in [9.17, 15) is 18.0 Å². The number of nitrogens with two attached hydrogens (primary N) is 1. The number of carbonyl (C=O) groups is 1. The van der Waals surface area contributed by atoms with Gasteiger partial charge in [-0.25, -0.2) is 0 Å². The van der Waals surface area contributed by atoms with E-state index < -0.39 is 24.8 Å². The van der Waals surface area contributed by atoms with Gasteiger partial charge in [-0.3, -0.25) is 4.79 Å². The molecule has 0 aliphatic carbocycles. The van der Waals surface area contributed by atoms with E-state index in [2.05, 4.69) is 10.1 Å². The normalized spacial score (nSPS) is 12.8. The predicted octanol–water partition coefficient (Wildman–Crippen LogP) is 2.18. The van der Waals surface area contributed by atoms with Crippen molar-refractivity contribution in [3.63, 3.8) is 0 Å². The van der Waals surface area contributed by atoms with Crippen LogP contribution in [0.5, 0.6) is 5.75 Å². The molecule has 5 nitrogen and oxygen atoms in total. The van der Waals surface area contributed by atoms with E-state index in [4.69, 9.17) is 10.5 Å². The predicted molar refractivity (Wildman–Crippen MR) is 67.5 cm³/mol. The number of ether oxygens (including phenoxy) is 2. The minimum atomic E-state index is -4.48. The van der Waals surface area contributed by atoms with Gasteiger partial charge in [0.15, 0.2) is 0 Å². The highest BCUT2D eigenvalue weighted by Crippen LogP contribution is 2.26. The molecule has 0 aliphatic rings. The lowest BCUT2D eigenvalue weighted by Gasteiger charge is -2.16. The van der Waals surface area contributed by atoms with E-state index in [1.165, 1.54) is 26.2 Å². The number of anilines is 2. The molecule has 1 unspecified atom stereocenters. The summed E-state index contributed by atoms with van der Waals surface area (Å²) in [6.07, 6.45) is -5.74. The largest absolute Gasteiger partial charge is 0.495 e. The zero-order chi connectivity index (χ0) is 15.3. The Kier molecular flexibility index (Phi) is 5.20. The van der Waals surface area contributed by atoms with Crippen LogP contribution in [0.2, 0.25) is 0 Å². The molecular weight excluding hydrogens is 277 g/mol. The summed E-state index contributed by atoms with van der Waals surface area (Å²) >= 11 is 0. The smallest absolute Gasteiger partial charge is 0.411 e. The summed E-state index contributed by atoms with van der Waals surface area (Å²) in [6, 6.07) is 4.54. The van der Waals surface area contributed by atoms with E-state index in [1.54, 1.807) is 6.07 Å². The van der Waals surface area contributed by atoms with Crippen LogP contribution in [0.3, 0.4) is 0 Å². The maximum atomic E-state index is 12.0. The number of methoxy groups -OCH3 is 1. The van der Waals surface area contributed by atoms with E-state index in [0.29, 0.717) is 11.4 Å². The molecule has 3 N–H and O–H groups in total. The van der Waals surface area contributed by atoms with Crippen LogP contribution in [0.25, 0.3) is 0 Å². The topological polar surface area (TPSA) is 73.6 Å².